The first-order valence-electron chi connectivity index (χ1n) is 8.40. The Hall–Kier alpha value is -3.33. The van der Waals surface area contributed by atoms with E-state index in [-0.39, 0.29) is 18.4 Å². The van der Waals surface area contributed by atoms with Gasteiger partial charge in [0.15, 0.2) is 29.0 Å². The van der Waals surface area contributed by atoms with Crippen molar-refractivity contribution in [2.75, 3.05) is 19.0 Å². The Morgan fingerprint density at radius 2 is 1.96 bits per heavy atom. The zero-order valence-corrected chi connectivity index (χ0v) is 16.2. The van der Waals surface area contributed by atoms with E-state index in [2.05, 4.69) is 15.6 Å². The van der Waals surface area contributed by atoms with Crippen molar-refractivity contribution in [1.82, 2.24) is 10.3 Å². The predicted octanol–water partition coefficient (Wildman–Crippen LogP) is 3.07. The predicted molar refractivity (Wildman–Crippen MR) is 104 cm³/mol. The first kappa shape index (κ1) is 19.4. The van der Waals surface area contributed by atoms with Crippen molar-refractivity contribution in [3.8, 4) is 23.0 Å². The Labute approximate surface area is 165 Å². The smallest absolute Gasteiger partial charge is 0.264 e. The molecule has 8 nitrogen and oxygen atoms in total. The average Bonchev–Trinajstić information content (AvgIpc) is 3.34. The van der Waals surface area contributed by atoms with Crippen LogP contribution >= 0.6 is 11.3 Å². The quantitative estimate of drug-likeness (QED) is 0.601. The van der Waals surface area contributed by atoms with Crippen molar-refractivity contribution in [3.05, 3.63) is 47.5 Å². The maximum absolute atomic E-state index is 12.1. The van der Waals surface area contributed by atoms with Crippen molar-refractivity contribution in [3.63, 3.8) is 0 Å². The molecule has 2 heterocycles. The fraction of sp³-hybridized carbons (Fsp3) is 0.211. The molecule has 3 aromatic rings. The summed E-state index contributed by atoms with van der Waals surface area (Å²) < 4.78 is 16.3. The monoisotopic (exact) mass is 401 g/mol. The van der Waals surface area contributed by atoms with Gasteiger partial charge in [0.05, 0.1) is 13.7 Å². The summed E-state index contributed by atoms with van der Waals surface area (Å²) >= 11 is 1.28. The van der Waals surface area contributed by atoms with Gasteiger partial charge in [0.1, 0.15) is 11.5 Å². The normalized spacial score (nSPS) is 10.4. The van der Waals surface area contributed by atoms with E-state index in [4.69, 9.17) is 13.9 Å². The van der Waals surface area contributed by atoms with Crippen LogP contribution in [0.5, 0.6) is 11.5 Å². The molecule has 0 aliphatic heterocycles. The lowest BCUT2D eigenvalue weighted by Gasteiger charge is -2.09. The molecular weight excluding hydrogens is 382 g/mol. The molecule has 0 unspecified atom stereocenters. The maximum Gasteiger partial charge on any atom is 0.264 e. The first-order chi connectivity index (χ1) is 13.5. The number of benzene rings is 1. The summed E-state index contributed by atoms with van der Waals surface area (Å²) in [5.74, 6) is 1.75. The molecule has 0 saturated carbocycles. The molecular formula is C19H19N3O5S. The van der Waals surface area contributed by atoms with Crippen molar-refractivity contribution < 1.29 is 23.5 Å². The van der Waals surface area contributed by atoms with E-state index in [0.717, 1.165) is 0 Å². The Morgan fingerprint density at radius 3 is 2.71 bits per heavy atom. The van der Waals surface area contributed by atoms with Crippen molar-refractivity contribution in [1.29, 1.82) is 0 Å². The third-order valence-electron chi connectivity index (χ3n) is 3.60. The highest BCUT2D eigenvalue weighted by molar-refractivity contribution is 7.14. The standard InChI is InChI=1S/C19H19N3O5S/c1-12(23)20-9-13-7-8-15(27-13)14-11-28-19(21-14)22-18(24)10-26-17-6-4-3-5-16(17)25-2/h3-8,11H,9-10H2,1-2H3,(H,20,23)(H,21,22,24). The summed E-state index contributed by atoms with van der Waals surface area (Å²) in [7, 11) is 1.54. The summed E-state index contributed by atoms with van der Waals surface area (Å²) in [6, 6.07) is 10.6. The van der Waals surface area contributed by atoms with E-state index in [9.17, 15) is 9.59 Å². The minimum absolute atomic E-state index is 0.132. The second-order valence-corrected chi connectivity index (χ2v) is 6.56. The lowest BCUT2D eigenvalue weighted by molar-refractivity contribution is -0.119. The van der Waals surface area contributed by atoms with Crippen LogP contribution in [-0.2, 0) is 16.1 Å². The number of furan rings is 1. The number of nitrogens with one attached hydrogen (secondary N) is 2. The highest BCUT2D eigenvalue weighted by atomic mass is 32.1. The Bertz CT molecular complexity index is 966. The first-order valence-corrected chi connectivity index (χ1v) is 9.28. The maximum atomic E-state index is 12.1. The summed E-state index contributed by atoms with van der Waals surface area (Å²) in [5, 5.41) is 7.56. The van der Waals surface area contributed by atoms with Crippen LogP contribution in [0.1, 0.15) is 12.7 Å². The van der Waals surface area contributed by atoms with Crippen molar-refractivity contribution in [2.45, 2.75) is 13.5 Å². The average molecular weight is 401 g/mol. The van der Waals surface area contributed by atoms with Crippen LogP contribution in [0.4, 0.5) is 5.13 Å². The minimum Gasteiger partial charge on any atom is -0.493 e. The van der Waals surface area contributed by atoms with E-state index in [1.807, 2.05) is 6.07 Å². The number of nitrogens with zero attached hydrogens (tertiary/aromatic N) is 1. The van der Waals surface area contributed by atoms with Crippen LogP contribution in [0.25, 0.3) is 11.5 Å². The topological polar surface area (TPSA) is 103 Å². The van der Waals surface area contributed by atoms with Crippen molar-refractivity contribution >= 4 is 28.3 Å². The largest absolute Gasteiger partial charge is 0.493 e. The lowest BCUT2D eigenvalue weighted by atomic mass is 10.3. The molecule has 0 aliphatic carbocycles. The van der Waals surface area contributed by atoms with Gasteiger partial charge < -0.3 is 19.2 Å². The van der Waals surface area contributed by atoms with E-state index < -0.39 is 0 Å². The lowest BCUT2D eigenvalue weighted by Crippen LogP contribution is -2.20. The molecule has 0 spiro atoms. The van der Waals surface area contributed by atoms with Crippen molar-refractivity contribution in [2.24, 2.45) is 0 Å². The highest BCUT2D eigenvalue weighted by Crippen LogP contribution is 2.27. The summed E-state index contributed by atoms with van der Waals surface area (Å²) in [6.45, 7) is 1.58. The third-order valence-corrected chi connectivity index (χ3v) is 4.36. The number of thiazole rings is 1. The Kier molecular flexibility index (Phi) is 6.28. The molecule has 3 rings (SSSR count). The van der Waals surface area contributed by atoms with Gasteiger partial charge in [-0.05, 0) is 24.3 Å². The van der Waals surface area contributed by atoms with Crippen LogP contribution in [-0.4, -0.2) is 30.5 Å². The number of amides is 2. The fourth-order valence-corrected chi connectivity index (χ4v) is 3.02. The Morgan fingerprint density at radius 1 is 1.18 bits per heavy atom. The van der Waals surface area contributed by atoms with E-state index >= 15 is 0 Å². The molecule has 0 fully saturated rings. The summed E-state index contributed by atoms with van der Waals surface area (Å²) in [6.07, 6.45) is 0. The number of rotatable bonds is 8. The van der Waals surface area contributed by atoms with E-state index in [1.54, 1.807) is 35.7 Å². The molecule has 0 aliphatic rings. The van der Waals surface area contributed by atoms with Crippen LogP contribution in [0.2, 0.25) is 0 Å². The van der Waals surface area contributed by atoms with Crippen LogP contribution in [0, 0.1) is 0 Å². The van der Waals surface area contributed by atoms with Gasteiger partial charge in [-0.3, -0.25) is 14.9 Å². The zero-order valence-electron chi connectivity index (χ0n) is 15.4. The number of carbonyl (C=O) groups is 2. The van der Waals surface area contributed by atoms with Gasteiger partial charge in [-0.15, -0.1) is 11.3 Å². The second-order valence-electron chi connectivity index (χ2n) is 5.70. The minimum atomic E-state index is -0.336. The van der Waals surface area contributed by atoms with Gasteiger partial charge in [0, 0.05) is 12.3 Å². The number of hydrogen-bond acceptors (Lipinski definition) is 7. The SMILES string of the molecule is COc1ccccc1OCC(=O)Nc1nc(-c2ccc(CNC(C)=O)o2)cs1. The van der Waals surface area contributed by atoms with Crippen LogP contribution < -0.4 is 20.1 Å². The van der Waals surface area contributed by atoms with Crippen LogP contribution in [0.15, 0.2) is 46.2 Å². The highest BCUT2D eigenvalue weighted by Gasteiger charge is 2.12. The molecule has 2 aromatic heterocycles. The molecule has 0 bridgehead atoms. The summed E-state index contributed by atoms with van der Waals surface area (Å²) in [5.41, 5.74) is 0.597. The summed E-state index contributed by atoms with van der Waals surface area (Å²) in [4.78, 5) is 27.4. The number of carbonyl (C=O) groups excluding carboxylic acids is 2. The van der Waals surface area contributed by atoms with Gasteiger partial charge in [0.25, 0.3) is 5.91 Å². The second kappa shape index (κ2) is 9.05. The number of para-hydroxylation sites is 2. The molecule has 28 heavy (non-hydrogen) atoms. The van der Waals surface area contributed by atoms with Gasteiger partial charge in [-0.2, -0.15) is 0 Å². The van der Waals surface area contributed by atoms with Crippen LogP contribution in [0.3, 0.4) is 0 Å². The molecule has 2 N–H and O–H groups in total. The molecule has 146 valence electrons. The molecule has 0 radical (unpaired) electrons. The fourth-order valence-electron chi connectivity index (χ4n) is 2.30. The van der Waals surface area contributed by atoms with E-state index in [0.29, 0.717) is 40.4 Å². The molecule has 0 atom stereocenters. The molecule has 2 amide bonds. The number of methoxy groups -OCH3 is 1. The van der Waals surface area contributed by atoms with Gasteiger partial charge in [-0.1, -0.05) is 12.1 Å². The molecule has 9 heteroatoms. The van der Waals surface area contributed by atoms with E-state index in [1.165, 1.54) is 25.4 Å². The Balaban J connectivity index is 1.55. The number of ether oxygens (including phenoxy) is 2. The third kappa shape index (κ3) is 5.10. The molecule has 0 saturated heterocycles. The number of aromatic nitrogens is 1. The van der Waals surface area contributed by atoms with Gasteiger partial charge >= 0.3 is 0 Å². The zero-order chi connectivity index (χ0) is 19.9. The van der Waals surface area contributed by atoms with Gasteiger partial charge in [-0.25, -0.2) is 4.98 Å². The van der Waals surface area contributed by atoms with Gasteiger partial charge in [0.2, 0.25) is 5.91 Å². The number of hydrogen-bond donors (Lipinski definition) is 2. The molecule has 1 aromatic carbocycles. The number of anilines is 1.